The van der Waals surface area contributed by atoms with Crippen LogP contribution >= 0.6 is 0 Å². The van der Waals surface area contributed by atoms with Crippen LogP contribution in [0.5, 0.6) is 5.75 Å². The van der Waals surface area contributed by atoms with Crippen molar-refractivity contribution in [3.63, 3.8) is 0 Å². The third-order valence-electron chi connectivity index (χ3n) is 9.65. The summed E-state index contributed by atoms with van der Waals surface area (Å²) in [6.07, 6.45) is 1.65. The van der Waals surface area contributed by atoms with Crippen LogP contribution in [0.15, 0.2) is 29.1 Å². The Bertz CT molecular complexity index is 1880. The number of rotatable bonds is 8. The average molecular weight is 646 g/mol. The second kappa shape index (κ2) is 12.1. The third kappa shape index (κ3) is 5.13. The number of carbonyl (C=O) groups excluding carboxylic acids is 4. The molecular weight excluding hydrogens is 606 g/mol. The van der Waals surface area contributed by atoms with Crippen molar-refractivity contribution in [1.82, 2.24) is 19.8 Å². The van der Waals surface area contributed by atoms with Gasteiger partial charge in [0.15, 0.2) is 0 Å². The molecule has 2 aromatic heterocycles. The second-order valence-electron chi connectivity index (χ2n) is 12.6. The number of cyclic esters (lactones) is 1. The largest absolute Gasteiger partial charge is 0.508 e. The summed E-state index contributed by atoms with van der Waals surface area (Å²) in [6.45, 7) is 7.23. The van der Waals surface area contributed by atoms with E-state index in [4.69, 9.17) is 20.2 Å². The minimum atomic E-state index is -1.95. The number of amides is 2. The van der Waals surface area contributed by atoms with Gasteiger partial charge in [-0.2, -0.15) is 0 Å². The first-order valence-electron chi connectivity index (χ1n) is 16.1. The zero-order valence-corrected chi connectivity index (χ0v) is 26.9. The van der Waals surface area contributed by atoms with E-state index in [1.54, 1.807) is 49.6 Å². The Hall–Kier alpha value is -4.78. The van der Waals surface area contributed by atoms with Crippen molar-refractivity contribution >= 4 is 34.7 Å². The molecule has 0 radical (unpaired) electrons. The highest BCUT2D eigenvalue weighted by molar-refractivity contribution is 5.94. The number of phenols is 1. The molecule has 3 atom stereocenters. The van der Waals surface area contributed by atoms with Crippen molar-refractivity contribution in [2.45, 2.75) is 84.2 Å². The fourth-order valence-electron chi connectivity index (χ4n) is 7.15. The van der Waals surface area contributed by atoms with Crippen molar-refractivity contribution in [1.29, 1.82) is 0 Å². The number of aromatic hydroxyl groups is 1. The van der Waals surface area contributed by atoms with Gasteiger partial charge >= 0.3 is 11.9 Å². The Labute approximate surface area is 271 Å². The zero-order chi connectivity index (χ0) is 33.8. The van der Waals surface area contributed by atoms with Gasteiger partial charge in [-0.05, 0) is 61.4 Å². The number of aryl methyl sites for hydroxylation is 1. The number of nitrogens with one attached hydrogen (secondary N) is 1. The van der Waals surface area contributed by atoms with E-state index in [1.165, 1.54) is 4.90 Å². The van der Waals surface area contributed by atoms with Gasteiger partial charge in [-0.25, -0.2) is 14.6 Å². The van der Waals surface area contributed by atoms with E-state index in [-0.39, 0.29) is 54.5 Å². The molecule has 1 aromatic carbocycles. The maximum absolute atomic E-state index is 14.0. The van der Waals surface area contributed by atoms with Gasteiger partial charge < -0.3 is 35.1 Å². The SMILES string of the molecule is CCc1c2c(nc3ccc(O)cc13)-c1cc3c(c(=O)n1C2)COC(=O)[C@@]3(CC)OC(=O)[C@@H](NC(=O)[C@@H]1CCCN1C(=O)CN)C(C)C. The molecule has 2 amide bonds. The van der Waals surface area contributed by atoms with Gasteiger partial charge in [0.1, 0.15) is 24.4 Å². The summed E-state index contributed by atoms with van der Waals surface area (Å²) in [5.41, 5.74) is 7.12. The molecule has 1 saturated heterocycles. The number of fused-ring (bicyclic) bond motifs is 5. The number of nitrogens with two attached hydrogens (primary N) is 1. The average Bonchev–Trinajstić information content (AvgIpc) is 3.69. The first-order chi connectivity index (χ1) is 22.4. The number of nitrogens with zero attached hydrogens (tertiary/aromatic N) is 3. The van der Waals surface area contributed by atoms with Crippen molar-refractivity contribution in [2.75, 3.05) is 13.1 Å². The van der Waals surface area contributed by atoms with Crippen LogP contribution in [0, 0.1) is 5.92 Å². The zero-order valence-electron chi connectivity index (χ0n) is 26.9. The highest BCUT2D eigenvalue weighted by atomic mass is 16.6. The summed E-state index contributed by atoms with van der Waals surface area (Å²) in [5, 5.41) is 13.7. The molecule has 47 heavy (non-hydrogen) atoms. The summed E-state index contributed by atoms with van der Waals surface area (Å²) in [6, 6.07) is 4.69. The van der Waals surface area contributed by atoms with Crippen LogP contribution in [0.1, 0.15) is 69.2 Å². The molecule has 4 N–H and O–H groups in total. The first kappa shape index (κ1) is 32.2. The maximum Gasteiger partial charge on any atom is 0.355 e. The summed E-state index contributed by atoms with van der Waals surface area (Å²) >= 11 is 0. The lowest BCUT2D eigenvalue weighted by atomic mass is 9.85. The molecule has 0 bridgehead atoms. The van der Waals surface area contributed by atoms with Crippen LogP contribution in [-0.4, -0.2) is 68.5 Å². The number of hydrogen-bond acceptors (Lipinski definition) is 10. The van der Waals surface area contributed by atoms with E-state index >= 15 is 0 Å². The normalized spacial score (nSPS) is 20.4. The minimum Gasteiger partial charge on any atom is -0.508 e. The molecule has 13 heteroatoms. The fourth-order valence-corrected chi connectivity index (χ4v) is 7.15. The predicted octanol–water partition coefficient (Wildman–Crippen LogP) is 1.99. The molecule has 13 nitrogen and oxygen atoms in total. The van der Waals surface area contributed by atoms with Crippen LogP contribution in [0.4, 0.5) is 0 Å². The van der Waals surface area contributed by atoms with Gasteiger partial charge in [0.25, 0.3) is 5.56 Å². The number of carbonyl (C=O) groups is 4. The summed E-state index contributed by atoms with van der Waals surface area (Å²) in [7, 11) is 0. The molecule has 0 aliphatic carbocycles. The van der Waals surface area contributed by atoms with Gasteiger partial charge in [0, 0.05) is 23.1 Å². The number of benzene rings is 1. The lowest BCUT2D eigenvalue weighted by Crippen LogP contribution is -2.55. The molecule has 0 saturated carbocycles. The lowest BCUT2D eigenvalue weighted by molar-refractivity contribution is -0.191. The number of pyridine rings is 2. The molecule has 3 aliphatic rings. The van der Waals surface area contributed by atoms with E-state index in [0.717, 1.165) is 16.5 Å². The van der Waals surface area contributed by atoms with E-state index in [0.29, 0.717) is 42.7 Å². The third-order valence-corrected chi connectivity index (χ3v) is 9.65. The van der Waals surface area contributed by atoms with Gasteiger partial charge in [-0.3, -0.25) is 14.4 Å². The second-order valence-corrected chi connectivity index (χ2v) is 12.6. The van der Waals surface area contributed by atoms with Crippen molar-refractivity contribution < 1.29 is 33.8 Å². The van der Waals surface area contributed by atoms with Gasteiger partial charge in [-0.1, -0.05) is 27.7 Å². The van der Waals surface area contributed by atoms with E-state index in [9.17, 15) is 29.1 Å². The van der Waals surface area contributed by atoms with Crippen molar-refractivity contribution in [3.05, 3.63) is 56.9 Å². The van der Waals surface area contributed by atoms with E-state index in [1.807, 2.05) is 6.92 Å². The molecule has 0 spiro atoms. The maximum atomic E-state index is 14.0. The minimum absolute atomic E-state index is 0.0366. The highest BCUT2D eigenvalue weighted by Crippen LogP contribution is 2.42. The number of hydrogen-bond donors (Lipinski definition) is 3. The number of esters is 2. The predicted molar refractivity (Wildman–Crippen MR) is 170 cm³/mol. The molecule has 3 aromatic rings. The summed E-state index contributed by atoms with van der Waals surface area (Å²) < 4.78 is 13.1. The van der Waals surface area contributed by atoms with Crippen LogP contribution in [0.25, 0.3) is 22.3 Å². The van der Waals surface area contributed by atoms with Crippen molar-refractivity contribution in [3.8, 4) is 17.1 Å². The Morgan fingerprint density at radius 3 is 2.64 bits per heavy atom. The van der Waals surface area contributed by atoms with E-state index in [2.05, 4.69) is 5.32 Å². The van der Waals surface area contributed by atoms with Gasteiger partial charge in [0.2, 0.25) is 17.4 Å². The summed E-state index contributed by atoms with van der Waals surface area (Å²) in [5.74, 6) is -2.88. The number of phenolic OH excluding ortho intramolecular Hbond substituents is 1. The molecule has 248 valence electrons. The number of aromatic nitrogens is 2. The Morgan fingerprint density at radius 1 is 1.19 bits per heavy atom. The highest BCUT2D eigenvalue weighted by Gasteiger charge is 2.51. The summed E-state index contributed by atoms with van der Waals surface area (Å²) in [4.78, 5) is 73.5. The Balaban J connectivity index is 1.39. The molecule has 3 aliphatic heterocycles. The van der Waals surface area contributed by atoms with Crippen LogP contribution in [-0.2, 0) is 53.8 Å². The standard InChI is InChI=1S/C34H39N5O8/c1-5-19-20-12-18(40)9-10-24(20)36-29-21(19)15-39-26(29)13-23-22(31(39)43)16-46-33(45)34(23,6-2)47-32(44)28(17(3)4)37-30(42)25-8-7-11-38(25)27(41)14-35/h9-10,12-13,17,25,28,40H,5-8,11,14-16,35H2,1-4H3,(H,37,42)/t25-,28-,34-/m0/s1. The quantitative estimate of drug-likeness (QED) is 0.240. The molecule has 1 fully saturated rings. The Kier molecular flexibility index (Phi) is 8.29. The van der Waals surface area contributed by atoms with Gasteiger partial charge in [-0.15, -0.1) is 0 Å². The Morgan fingerprint density at radius 2 is 1.96 bits per heavy atom. The van der Waals surface area contributed by atoms with Crippen LogP contribution in [0.3, 0.4) is 0 Å². The van der Waals surface area contributed by atoms with Crippen LogP contribution < -0.4 is 16.6 Å². The smallest absolute Gasteiger partial charge is 0.355 e. The lowest BCUT2D eigenvalue weighted by Gasteiger charge is -2.37. The number of ether oxygens (including phenoxy) is 2. The van der Waals surface area contributed by atoms with E-state index < -0.39 is 41.4 Å². The van der Waals surface area contributed by atoms with Crippen LogP contribution in [0.2, 0.25) is 0 Å². The fraction of sp³-hybridized carbons (Fsp3) is 0.471. The molecule has 5 heterocycles. The molecule has 0 unspecified atom stereocenters. The number of likely N-dealkylation sites (tertiary alicyclic amines) is 1. The monoisotopic (exact) mass is 645 g/mol. The van der Waals surface area contributed by atoms with Gasteiger partial charge in [0.05, 0.1) is 35.6 Å². The topological polar surface area (TPSA) is 183 Å². The molecule has 6 rings (SSSR count). The van der Waals surface area contributed by atoms with Crippen molar-refractivity contribution in [2.24, 2.45) is 11.7 Å². The first-order valence-corrected chi connectivity index (χ1v) is 16.1. The molecular formula is C34H39N5O8.